The number of benzene rings is 1. The van der Waals surface area contributed by atoms with Crippen LogP contribution in [0.2, 0.25) is 0 Å². The van der Waals surface area contributed by atoms with Gasteiger partial charge in [0.05, 0.1) is 13.0 Å². The van der Waals surface area contributed by atoms with Crippen LogP contribution in [0.25, 0.3) is 0 Å². The first kappa shape index (κ1) is 15.3. The fourth-order valence-electron chi connectivity index (χ4n) is 2.42. The molecule has 114 valence electrons. The van der Waals surface area contributed by atoms with Crippen LogP contribution in [0.15, 0.2) is 24.3 Å². The van der Waals surface area contributed by atoms with Crippen molar-refractivity contribution in [3.8, 4) is 5.75 Å². The molecule has 1 aliphatic heterocycles. The number of piperidine rings is 1. The van der Waals surface area contributed by atoms with Crippen molar-refractivity contribution in [2.75, 3.05) is 13.2 Å². The van der Waals surface area contributed by atoms with Crippen molar-refractivity contribution in [3.63, 3.8) is 0 Å². The molecule has 1 saturated heterocycles. The highest BCUT2D eigenvalue weighted by Gasteiger charge is 2.31. The maximum atomic E-state index is 12.7. The number of ether oxygens (including phenoxy) is 1. The Labute approximate surface area is 122 Å². The Hall–Kier alpha value is -2.11. The number of amides is 1. The van der Waals surface area contributed by atoms with Gasteiger partial charge in [0.15, 0.2) is 0 Å². The van der Waals surface area contributed by atoms with Gasteiger partial charge in [-0.25, -0.2) is 9.18 Å². The number of nitrogens with zero attached hydrogens (tertiary/aromatic N) is 1. The van der Waals surface area contributed by atoms with Crippen molar-refractivity contribution in [2.24, 2.45) is 0 Å². The van der Waals surface area contributed by atoms with Crippen LogP contribution in [0.5, 0.6) is 5.75 Å². The summed E-state index contributed by atoms with van der Waals surface area (Å²) in [5.74, 6) is -1.04. The zero-order chi connectivity index (χ0) is 15.2. The lowest BCUT2D eigenvalue weighted by Gasteiger charge is -2.33. The van der Waals surface area contributed by atoms with Crippen molar-refractivity contribution in [1.82, 2.24) is 4.90 Å². The van der Waals surface area contributed by atoms with Crippen LogP contribution in [-0.4, -0.2) is 41.1 Å². The number of carbonyl (C=O) groups excluding carboxylic acids is 1. The van der Waals surface area contributed by atoms with E-state index in [1.54, 1.807) is 0 Å². The first-order valence-electron chi connectivity index (χ1n) is 6.98. The fraction of sp³-hybridized carbons (Fsp3) is 0.467. The van der Waals surface area contributed by atoms with E-state index < -0.39 is 12.0 Å². The lowest BCUT2D eigenvalue weighted by molar-refractivity contribution is -0.152. The maximum absolute atomic E-state index is 12.7. The molecule has 6 heteroatoms. The van der Waals surface area contributed by atoms with E-state index in [2.05, 4.69) is 0 Å². The molecular formula is C15H18FNO4. The molecule has 0 saturated carbocycles. The Morgan fingerprint density at radius 1 is 1.29 bits per heavy atom. The van der Waals surface area contributed by atoms with Crippen LogP contribution in [0.3, 0.4) is 0 Å². The average Bonchev–Trinajstić information content (AvgIpc) is 2.49. The number of aliphatic carboxylic acids is 1. The Kier molecular flexibility index (Phi) is 5.14. The molecule has 5 nitrogen and oxygen atoms in total. The molecule has 1 amide bonds. The zero-order valence-electron chi connectivity index (χ0n) is 11.6. The van der Waals surface area contributed by atoms with E-state index in [1.807, 2.05) is 0 Å². The number of carboxylic acid groups (broad SMARTS) is 1. The minimum Gasteiger partial charge on any atom is -0.493 e. The molecule has 1 aliphatic rings. The van der Waals surface area contributed by atoms with Gasteiger partial charge < -0.3 is 14.7 Å². The van der Waals surface area contributed by atoms with Gasteiger partial charge in [0.1, 0.15) is 17.6 Å². The monoisotopic (exact) mass is 295 g/mol. The number of carboxylic acids is 1. The number of rotatable bonds is 5. The van der Waals surface area contributed by atoms with Gasteiger partial charge in [-0.1, -0.05) is 0 Å². The zero-order valence-corrected chi connectivity index (χ0v) is 11.6. The number of likely N-dealkylation sites (tertiary alicyclic amines) is 1. The van der Waals surface area contributed by atoms with Crippen LogP contribution < -0.4 is 4.74 Å². The van der Waals surface area contributed by atoms with E-state index in [1.165, 1.54) is 29.2 Å². The smallest absolute Gasteiger partial charge is 0.326 e. The molecule has 1 heterocycles. The summed E-state index contributed by atoms with van der Waals surface area (Å²) in [5, 5.41) is 9.13. The largest absolute Gasteiger partial charge is 0.493 e. The molecule has 0 aromatic heterocycles. The predicted octanol–water partition coefficient (Wildman–Crippen LogP) is 2.06. The van der Waals surface area contributed by atoms with Crippen LogP contribution in [-0.2, 0) is 9.59 Å². The summed E-state index contributed by atoms with van der Waals surface area (Å²) in [7, 11) is 0. The lowest BCUT2D eigenvalue weighted by atomic mass is 10.0. The molecule has 0 bridgehead atoms. The minimum atomic E-state index is -0.956. The third kappa shape index (κ3) is 4.18. The van der Waals surface area contributed by atoms with Crippen molar-refractivity contribution in [2.45, 2.75) is 31.7 Å². The minimum absolute atomic E-state index is 0.112. The highest BCUT2D eigenvalue weighted by atomic mass is 19.1. The van der Waals surface area contributed by atoms with E-state index in [4.69, 9.17) is 9.84 Å². The first-order valence-corrected chi connectivity index (χ1v) is 6.98. The summed E-state index contributed by atoms with van der Waals surface area (Å²) in [4.78, 5) is 24.6. The van der Waals surface area contributed by atoms with Gasteiger partial charge in [-0.05, 0) is 43.5 Å². The second-order valence-electron chi connectivity index (χ2n) is 4.99. The molecule has 1 aromatic rings. The van der Waals surface area contributed by atoms with Crippen LogP contribution in [0.1, 0.15) is 25.7 Å². The quantitative estimate of drug-likeness (QED) is 0.903. The third-order valence-corrected chi connectivity index (χ3v) is 3.51. The van der Waals surface area contributed by atoms with Gasteiger partial charge >= 0.3 is 5.97 Å². The molecule has 1 aromatic carbocycles. The Balaban J connectivity index is 1.83. The number of hydrogen-bond acceptors (Lipinski definition) is 3. The van der Waals surface area contributed by atoms with Crippen LogP contribution >= 0.6 is 0 Å². The molecule has 1 N–H and O–H groups in total. The summed E-state index contributed by atoms with van der Waals surface area (Å²) < 4.78 is 18.1. The van der Waals surface area contributed by atoms with Crippen LogP contribution in [0.4, 0.5) is 4.39 Å². The molecule has 0 aliphatic carbocycles. The van der Waals surface area contributed by atoms with Gasteiger partial charge in [0.2, 0.25) is 5.91 Å². The van der Waals surface area contributed by atoms with Gasteiger partial charge in [-0.15, -0.1) is 0 Å². The number of hydrogen-bond donors (Lipinski definition) is 1. The topological polar surface area (TPSA) is 66.8 Å². The van der Waals surface area contributed by atoms with Gasteiger partial charge in [-0.2, -0.15) is 0 Å². The summed E-state index contributed by atoms with van der Waals surface area (Å²) in [6, 6.07) is 4.81. The van der Waals surface area contributed by atoms with Gasteiger partial charge in [0, 0.05) is 6.54 Å². The van der Waals surface area contributed by atoms with Crippen molar-refractivity contribution in [1.29, 1.82) is 0 Å². The van der Waals surface area contributed by atoms with E-state index >= 15 is 0 Å². The SMILES string of the molecule is O=C(O)C1CCCCN1C(=O)CCOc1ccc(F)cc1. The third-order valence-electron chi connectivity index (χ3n) is 3.51. The second kappa shape index (κ2) is 7.06. The molecule has 1 fully saturated rings. The highest BCUT2D eigenvalue weighted by Crippen LogP contribution is 2.18. The first-order chi connectivity index (χ1) is 10.1. The van der Waals surface area contributed by atoms with E-state index in [0.29, 0.717) is 18.7 Å². The predicted molar refractivity (Wildman–Crippen MR) is 73.5 cm³/mol. The van der Waals surface area contributed by atoms with Crippen molar-refractivity contribution in [3.05, 3.63) is 30.1 Å². The van der Waals surface area contributed by atoms with E-state index in [9.17, 15) is 14.0 Å². The van der Waals surface area contributed by atoms with Gasteiger partial charge in [-0.3, -0.25) is 4.79 Å². The maximum Gasteiger partial charge on any atom is 0.326 e. The van der Waals surface area contributed by atoms with E-state index in [0.717, 1.165) is 12.8 Å². The van der Waals surface area contributed by atoms with Crippen molar-refractivity contribution < 1.29 is 23.8 Å². The summed E-state index contributed by atoms with van der Waals surface area (Å²) in [6.07, 6.45) is 2.27. The summed E-state index contributed by atoms with van der Waals surface area (Å²) in [5.41, 5.74) is 0. The standard InChI is InChI=1S/C15H18FNO4/c16-11-4-6-12(7-5-11)21-10-8-14(18)17-9-2-1-3-13(17)15(19)20/h4-7,13H,1-3,8-10H2,(H,19,20). The Morgan fingerprint density at radius 2 is 2.00 bits per heavy atom. The molecule has 0 spiro atoms. The van der Waals surface area contributed by atoms with E-state index in [-0.39, 0.29) is 24.8 Å². The normalized spacial score (nSPS) is 18.3. The molecule has 2 rings (SSSR count). The highest BCUT2D eigenvalue weighted by molar-refractivity contribution is 5.83. The van der Waals surface area contributed by atoms with Gasteiger partial charge in [0.25, 0.3) is 0 Å². The van der Waals surface area contributed by atoms with Crippen LogP contribution in [0, 0.1) is 5.82 Å². The van der Waals surface area contributed by atoms with Crippen molar-refractivity contribution >= 4 is 11.9 Å². The average molecular weight is 295 g/mol. The lowest BCUT2D eigenvalue weighted by Crippen LogP contribution is -2.48. The molecule has 1 atom stereocenters. The number of halogens is 1. The fourth-order valence-corrected chi connectivity index (χ4v) is 2.42. The molecule has 21 heavy (non-hydrogen) atoms. The molecule has 1 unspecified atom stereocenters. The molecule has 0 radical (unpaired) electrons. The second-order valence-corrected chi connectivity index (χ2v) is 4.99. The Bertz CT molecular complexity index is 503. The summed E-state index contributed by atoms with van der Waals surface area (Å²) >= 11 is 0. The number of carbonyl (C=O) groups is 2. The molecular weight excluding hydrogens is 277 g/mol. The Morgan fingerprint density at radius 3 is 2.67 bits per heavy atom. The summed E-state index contributed by atoms with van der Waals surface area (Å²) in [6.45, 7) is 0.625.